The Morgan fingerprint density at radius 2 is 0.682 bits per heavy atom. The lowest BCUT2D eigenvalue weighted by Crippen LogP contribution is -2.27. The van der Waals surface area contributed by atoms with Crippen LogP contribution in [0.15, 0.2) is 182 Å². The minimum Gasteiger partial charge on any atom is -0.497 e. The zero-order valence-electron chi connectivity index (χ0n) is 55.5. The van der Waals surface area contributed by atoms with Gasteiger partial charge >= 0.3 is 17.9 Å². The molecular weight excluding hydrogens is 1090 g/mol. The molecule has 0 amide bonds. The summed E-state index contributed by atoms with van der Waals surface area (Å²) in [5.74, 6) is 4.16. The fourth-order valence-corrected chi connectivity index (χ4v) is 12.6. The summed E-state index contributed by atoms with van der Waals surface area (Å²) in [6.07, 6.45) is 2.09. The third-order valence-electron chi connectivity index (χ3n) is 17.8. The van der Waals surface area contributed by atoms with Crippen LogP contribution in [0.5, 0.6) is 34.5 Å². The van der Waals surface area contributed by atoms with Gasteiger partial charge in [-0.2, -0.15) is 0 Å². The minimum atomic E-state index is -0.310. The minimum absolute atomic E-state index is 0.00177. The molecule has 0 N–H and O–H groups in total. The Labute approximate surface area is 524 Å². The van der Waals surface area contributed by atoms with E-state index in [0.717, 1.165) is 41.2 Å². The van der Waals surface area contributed by atoms with Gasteiger partial charge in [-0.1, -0.05) is 198 Å². The fraction of sp³-hybridized carbons (Fsp3) is 0.354. The normalized spacial score (nSPS) is 15.1. The first-order valence-electron chi connectivity index (χ1n) is 30.4. The number of carbonyl (C=O) groups excluding carboxylic acids is 3. The van der Waals surface area contributed by atoms with Crippen LogP contribution in [0.3, 0.4) is 0 Å². The number of carbonyl (C=O) groups is 3. The van der Waals surface area contributed by atoms with Gasteiger partial charge in [0.1, 0.15) is 34.5 Å². The number of methoxy groups -OCH3 is 3. The van der Waals surface area contributed by atoms with Crippen molar-refractivity contribution < 1.29 is 42.8 Å². The summed E-state index contributed by atoms with van der Waals surface area (Å²) in [6, 6.07) is 62.2. The Morgan fingerprint density at radius 3 is 1.05 bits per heavy atom. The molecule has 0 fully saturated rings. The zero-order chi connectivity index (χ0) is 64.6. The average molecular weight is 1190 g/mol. The predicted molar refractivity (Wildman–Crippen MR) is 356 cm³/mol. The van der Waals surface area contributed by atoms with Gasteiger partial charge in [0.15, 0.2) is 0 Å². The number of ether oxygens (including phenoxy) is 6. The second-order valence-electron chi connectivity index (χ2n) is 26.6. The maximum absolute atomic E-state index is 11.5. The van der Waals surface area contributed by atoms with Crippen LogP contribution < -0.4 is 28.4 Å². The Bertz CT molecular complexity index is 3670. The Morgan fingerprint density at radius 1 is 0.375 bits per heavy atom. The van der Waals surface area contributed by atoms with Crippen molar-refractivity contribution in [1.29, 1.82) is 0 Å². The number of rotatable bonds is 13. The zero-order valence-corrected chi connectivity index (χ0v) is 55.5. The summed E-state index contributed by atoms with van der Waals surface area (Å²) in [7, 11) is 5.11. The molecule has 462 valence electrons. The van der Waals surface area contributed by atoms with Crippen LogP contribution >= 0.6 is 0 Å². The molecule has 0 saturated carbocycles. The molecule has 9 nitrogen and oxygen atoms in total. The molecule has 2 aliphatic rings. The Balaban J connectivity index is 0.000000176. The molecule has 1 spiro atoms. The van der Waals surface area contributed by atoms with Crippen LogP contribution in [-0.4, -0.2) is 39.2 Å². The highest BCUT2D eigenvalue weighted by Gasteiger charge is 2.56. The monoisotopic (exact) mass is 1180 g/mol. The van der Waals surface area contributed by atoms with Crippen molar-refractivity contribution in [3.05, 3.63) is 249 Å². The van der Waals surface area contributed by atoms with E-state index in [1.54, 1.807) is 33.5 Å². The van der Waals surface area contributed by atoms with Crippen LogP contribution in [0, 0.1) is 6.92 Å². The molecular formula is C79H92O9. The van der Waals surface area contributed by atoms with E-state index in [9.17, 15) is 14.4 Å². The summed E-state index contributed by atoms with van der Waals surface area (Å²) < 4.78 is 31.5. The third-order valence-corrected chi connectivity index (χ3v) is 17.8. The number of benzene rings is 8. The van der Waals surface area contributed by atoms with E-state index in [1.165, 1.54) is 76.4 Å². The van der Waals surface area contributed by atoms with Gasteiger partial charge in [0.05, 0.1) is 21.3 Å². The first-order valence-corrected chi connectivity index (χ1v) is 30.4. The van der Waals surface area contributed by atoms with Crippen molar-refractivity contribution >= 4 is 17.9 Å². The maximum atomic E-state index is 11.5. The molecule has 9 heteroatoms. The Kier molecular flexibility index (Phi) is 20.8. The molecule has 0 aromatic heterocycles. The van der Waals surface area contributed by atoms with E-state index in [1.807, 2.05) is 73.7 Å². The van der Waals surface area contributed by atoms with Crippen LogP contribution in [-0.2, 0) is 46.9 Å². The second kappa shape index (κ2) is 27.3. The van der Waals surface area contributed by atoms with Crippen LogP contribution in [0.4, 0.5) is 0 Å². The van der Waals surface area contributed by atoms with Gasteiger partial charge in [-0.05, 0) is 171 Å². The first-order chi connectivity index (χ1) is 41.4. The molecule has 8 aromatic carbocycles. The molecule has 2 aliphatic carbocycles. The molecule has 0 aliphatic heterocycles. The summed E-state index contributed by atoms with van der Waals surface area (Å²) in [5, 5.41) is 0. The van der Waals surface area contributed by atoms with Crippen molar-refractivity contribution in [3.8, 4) is 34.5 Å². The lowest BCUT2D eigenvalue weighted by atomic mass is 9.72. The van der Waals surface area contributed by atoms with E-state index in [4.69, 9.17) is 28.4 Å². The standard InChI is InChI=1S/C27H30O3.C24H28O3.C19H24O.C9H10O2/c1-19(28)30-25-16-12-21(13-17-25)27(4,5)23-9-7-8-22(18-23)26(2,3)20-10-14-24(29-6)15-11-20;1-15(25)27-17-8-10-19-21(12-17)24(14-23(19,4)5)13-22(2,3)18-9-7-16(26-6)11-20(18)24;1-14(2)15-6-8-16(9-7-15)19(3,4)17-10-12-18(20-5)13-11-17;1-7-3-5-9(6-4-7)11-8(2)10/h7-18H,1-6H3;7-12H,13-14H2,1-6H3;6-14H,1-5H3;3-6H,1-2H3. The molecule has 10 rings (SSSR count). The van der Waals surface area contributed by atoms with Gasteiger partial charge in [-0.25, -0.2) is 0 Å². The predicted octanol–water partition coefficient (Wildman–Crippen LogP) is 18.6. The SMILES string of the molecule is CC(=O)Oc1ccc(C)cc1.COc1ccc(C(C)(C)c2ccc(C(C)C)cc2)cc1.COc1ccc(C(C)(C)c2cccc(C(C)(C)c3ccc(OC(C)=O)cc3)c2)cc1.COc1ccc2c(c1)C1(CC2(C)C)CC(C)(C)c2ccc(OC(C)=O)cc21. The highest BCUT2D eigenvalue weighted by Crippen LogP contribution is 2.63. The average Bonchev–Trinajstić information content (AvgIpc) is 1.53. The van der Waals surface area contributed by atoms with Crippen LogP contribution in [0.25, 0.3) is 0 Å². The van der Waals surface area contributed by atoms with Crippen molar-refractivity contribution in [2.45, 2.75) is 162 Å². The summed E-state index contributed by atoms with van der Waals surface area (Å²) in [6.45, 7) is 33.4. The van der Waals surface area contributed by atoms with Crippen LogP contribution in [0.1, 0.15) is 189 Å². The smallest absolute Gasteiger partial charge is 0.308 e. The van der Waals surface area contributed by atoms with Gasteiger partial charge in [0, 0.05) is 42.4 Å². The van der Waals surface area contributed by atoms with Crippen molar-refractivity contribution in [3.63, 3.8) is 0 Å². The van der Waals surface area contributed by atoms with Crippen LogP contribution in [0.2, 0.25) is 0 Å². The molecule has 0 heterocycles. The number of fused-ring (bicyclic) bond motifs is 4. The van der Waals surface area contributed by atoms with Crippen molar-refractivity contribution in [2.24, 2.45) is 0 Å². The molecule has 8 aromatic rings. The first kappa shape index (κ1) is 67.1. The number of hydrogen-bond acceptors (Lipinski definition) is 9. The van der Waals surface area contributed by atoms with Gasteiger partial charge in [0.25, 0.3) is 0 Å². The highest BCUT2D eigenvalue weighted by molar-refractivity contribution is 5.71. The van der Waals surface area contributed by atoms with E-state index in [2.05, 4.69) is 186 Å². The molecule has 1 atom stereocenters. The summed E-state index contributed by atoms with van der Waals surface area (Å²) >= 11 is 0. The molecule has 1 unspecified atom stereocenters. The molecule has 88 heavy (non-hydrogen) atoms. The number of hydrogen-bond donors (Lipinski definition) is 0. The van der Waals surface area contributed by atoms with E-state index >= 15 is 0 Å². The third kappa shape index (κ3) is 15.4. The van der Waals surface area contributed by atoms with E-state index in [-0.39, 0.29) is 50.4 Å². The van der Waals surface area contributed by atoms with E-state index < -0.39 is 0 Å². The fourth-order valence-electron chi connectivity index (χ4n) is 12.6. The molecule has 0 bridgehead atoms. The number of aryl methyl sites for hydroxylation is 1. The summed E-state index contributed by atoms with van der Waals surface area (Å²) in [4.78, 5) is 33.1. The van der Waals surface area contributed by atoms with Gasteiger partial charge in [-0.3, -0.25) is 14.4 Å². The van der Waals surface area contributed by atoms with Gasteiger partial charge in [0.2, 0.25) is 0 Å². The lowest BCUT2D eigenvalue weighted by molar-refractivity contribution is -0.132. The van der Waals surface area contributed by atoms with Crippen molar-refractivity contribution in [2.75, 3.05) is 21.3 Å². The van der Waals surface area contributed by atoms with Gasteiger partial charge < -0.3 is 28.4 Å². The number of esters is 3. The Hall–Kier alpha value is -8.43. The van der Waals surface area contributed by atoms with Gasteiger partial charge in [-0.15, -0.1) is 0 Å². The second-order valence-corrected chi connectivity index (χ2v) is 26.6. The molecule has 0 radical (unpaired) electrons. The van der Waals surface area contributed by atoms with E-state index in [0.29, 0.717) is 23.2 Å². The highest BCUT2D eigenvalue weighted by atomic mass is 16.5. The quantitative estimate of drug-likeness (QED) is 0.0824. The lowest BCUT2D eigenvalue weighted by Gasteiger charge is -2.31. The summed E-state index contributed by atoms with van der Waals surface area (Å²) in [5.41, 5.74) is 15.2. The largest absolute Gasteiger partial charge is 0.497 e. The molecule has 0 saturated heterocycles. The topological polar surface area (TPSA) is 107 Å². The van der Waals surface area contributed by atoms with Crippen molar-refractivity contribution in [1.82, 2.24) is 0 Å². The maximum Gasteiger partial charge on any atom is 0.308 e.